The zero-order chi connectivity index (χ0) is 18.8. The molecule has 26 heavy (non-hydrogen) atoms. The van der Waals surface area contributed by atoms with Gasteiger partial charge in [0.2, 0.25) is 5.88 Å². The van der Waals surface area contributed by atoms with Gasteiger partial charge in [-0.25, -0.2) is 13.8 Å². The number of nitrogens with zero attached hydrogens (tertiary/aromatic N) is 2. The Balaban J connectivity index is 1.76. The molecule has 1 aliphatic carbocycles. The van der Waals surface area contributed by atoms with E-state index < -0.39 is 17.5 Å². The van der Waals surface area contributed by atoms with Crippen LogP contribution in [-0.4, -0.2) is 27.7 Å². The van der Waals surface area contributed by atoms with E-state index in [0.29, 0.717) is 12.1 Å². The number of aromatic hydroxyl groups is 1. The van der Waals surface area contributed by atoms with E-state index in [9.17, 15) is 18.7 Å². The zero-order valence-corrected chi connectivity index (χ0v) is 14.7. The van der Waals surface area contributed by atoms with Crippen molar-refractivity contribution in [1.82, 2.24) is 9.97 Å². The predicted molar refractivity (Wildman–Crippen MR) is 91.5 cm³/mol. The quantitative estimate of drug-likeness (QED) is 0.451. The van der Waals surface area contributed by atoms with Crippen molar-refractivity contribution in [2.75, 3.05) is 12.3 Å². The average molecular weight is 381 g/mol. The molecule has 1 aromatic heterocycles. The van der Waals surface area contributed by atoms with E-state index in [4.69, 9.17) is 10.5 Å². The molecule has 9 heteroatoms. The Hall–Kier alpha value is -2.42. The van der Waals surface area contributed by atoms with Crippen LogP contribution in [0.25, 0.3) is 0 Å². The van der Waals surface area contributed by atoms with E-state index in [1.165, 1.54) is 12.1 Å². The fraction of sp³-hybridized carbons (Fsp3) is 0.353. The Bertz CT molecular complexity index is 850. The standard InChI is InChI=1S/C17H17F2N3O3S/c1-2-25-16(24)10-6-9(10)14-13(20)15(23)22-17(21-14)26-7-8-4-3-5-11(18)12(8)19/h3-5,9-10H,2,6-7,20H2,1H3,(H,21,22,23). The molecule has 0 bridgehead atoms. The molecule has 1 saturated carbocycles. The minimum absolute atomic E-state index is 0.0167. The highest BCUT2D eigenvalue weighted by Crippen LogP contribution is 2.50. The molecule has 0 amide bonds. The molecule has 138 valence electrons. The number of benzene rings is 1. The van der Waals surface area contributed by atoms with Gasteiger partial charge in [-0.1, -0.05) is 23.9 Å². The van der Waals surface area contributed by atoms with Crippen molar-refractivity contribution in [3.63, 3.8) is 0 Å². The van der Waals surface area contributed by atoms with Gasteiger partial charge in [-0.3, -0.25) is 4.79 Å². The summed E-state index contributed by atoms with van der Waals surface area (Å²) in [7, 11) is 0. The molecule has 3 rings (SSSR count). The molecule has 0 radical (unpaired) electrons. The number of anilines is 1. The fourth-order valence-corrected chi connectivity index (χ4v) is 3.43. The lowest BCUT2D eigenvalue weighted by Crippen LogP contribution is -2.09. The largest absolute Gasteiger partial charge is 0.492 e. The van der Waals surface area contributed by atoms with Crippen molar-refractivity contribution in [2.45, 2.75) is 30.2 Å². The number of carbonyl (C=O) groups excluding carboxylic acids is 1. The highest BCUT2D eigenvalue weighted by molar-refractivity contribution is 7.98. The van der Waals surface area contributed by atoms with Crippen molar-refractivity contribution >= 4 is 23.4 Å². The number of aromatic nitrogens is 2. The van der Waals surface area contributed by atoms with Crippen molar-refractivity contribution in [1.29, 1.82) is 0 Å². The van der Waals surface area contributed by atoms with Gasteiger partial charge < -0.3 is 15.6 Å². The monoisotopic (exact) mass is 381 g/mol. The maximum atomic E-state index is 13.7. The highest BCUT2D eigenvalue weighted by atomic mass is 32.2. The Morgan fingerprint density at radius 2 is 2.19 bits per heavy atom. The Kier molecular flexibility index (Phi) is 5.26. The minimum Gasteiger partial charge on any atom is -0.492 e. The SMILES string of the molecule is CCOC(=O)C1CC1c1nc(SCc2cccc(F)c2F)nc(O)c1N. The number of carbonyl (C=O) groups is 1. The number of rotatable bonds is 6. The van der Waals surface area contributed by atoms with E-state index in [1.54, 1.807) is 6.92 Å². The molecular weight excluding hydrogens is 364 g/mol. The summed E-state index contributed by atoms with van der Waals surface area (Å²) in [6, 6.07) is 3.91. The third-order valence-electron chi connectivity index (χ3n) is 4.05. The van der Waals surface area contributed by atoms with Crippen LogP contribution < -0.4 is 5.73 Å². The van der Waals surface area contributed by atoms with Gasteiger partial charge in [0, 0.05) is 17.2 Å². The summed E-state index contributed by atoms with van der Waals surface area (Å²) in [6.45, 7) is 2.01. The number of nitrogens with two attached hydrogens (primary N) is 1. The van der Waals surface area contributed by atoms with Crippen LogP contribution in [0.5, 0.6) is 5.88 Å². The third-order valence-corrected chi connectivity index (χ3v) is 4.95. The lowest BCUT2D eigenvalue weighted by Gasteiger charge is -2.09. The molecule has 2 atom stereocenters. The van der Waals surface area contributed by atoms with Gasteiger partial charge in [-0.05, 0) is 19.4 Å². The first-order valence-corrected chi connectivity index (χ1v) is 8.99. The van der Waals surface area contributed by atoms with Gasteiger partial charge in [0.25, 0.3) is 0 Å². The summed E-state index contributed by atoms with van der Waals surface area (Å²) in [5.74, 6) is -3.08. The Morgan fingerprint density at radius 1 is 1.42 bits per heavy atom. The zero-order valence-electron chi connectivity index (χ0n) is 13.9. The highest BCUT2D eigenvalue weighted by Gasteiger charge is 2.47. The molecule has 3 N–H and O–H groups in total. The van der Waals surface area contributed by atoms with Gasteiger partial charge in [0.1, 0.15) is 5.69 Å². The number of nitrogen functional groups attached to an aromatic ring is 1. The summed E-state index contributed by atoms with van der Waals surface area (Å²) in [5.41, 5.74) is 6.38. The first kappa shape index (κ1) is 18.4. The molecule has 1 heterocycles. The predicted octanol–water partition coefficient (Wildman–Crippen LogP) is 3.00. The van der Waals surface area contributed by atoms with Crippen molar-refractivity contribution in [3.8, 4) is 5.88 Å². The summed E-state index contributed by atoms with van der Waals surface area (Å²) in [4.78, 5) is 20.0. The van der Waals surface area contributed by atoms with Crippen LogP contribution in [-0.2, 0) is 15.3 Å². The number of ether oxygens (including phenoxy) is 1. The van der Waals surface area contributed by atoms with E-state index in [-0.39, 0.29) is 46.6 Å². The number of thioether (sulfide) groups is 1. The first-order chi connectivity index (χ1) is 12.4. The van der Waals surface area contributed by atoms with Crippen LogP contribution in [0, 0.1) is 17.6 Å². The van der Waals surface area contributed by atoms with Crippen LogP contribution in [0.2, 0.25) is 0 Å². The molecule has 1 aliphatic rings. The number of halogens is 2. The van der Waals surface area contributed by atoms with Gasteiger partial charge in [0.05, 0.1) is 18.2 Å². The topological polar surface area (TPSA) is 98.3 Å². The minimum atomic E-state index is -0.930. The smallest absolute Gasteiger partial charge is 0.309 e. The maximum Gasteiger partial charge on any atom is 0.309 e. The Labute approximate surface area is 152 Å². The van der Waals surface area contributed by atoms with Gasteiger partial charge in [-0.2, -0.15) is 4.98 Å². The first-order valence-electron chi connectivity index (χ1n) is 8.01. The van der Waals surface area contributed by atoms with Crippen molar-refractivity contribution in [2.24, 2.45) is 5.92 Å². The second kappa shape index (κ2) is 7.45. The van der Waals surface area contributed by atoms with E-state index >= 15 is 0 Å². The molecule has 2 unspecified atom stereocenters. The normalized spacial score (nSPS) is 18.6. The molecule has 0 saturated heterocycles. The van der Waals surface area contributed by atoms with Gasteiger partial charge in [-0.15, -0.1) is 0 Å². The van der Waals surface area contributed by atoms with Crippen LogP contribution in [0.4, 0.5) is 14.5 Å². The summed E-state index contributed by atoms with van der Waals surface area (Å²) < 4.78 is 32.0. The van der Waals surface area contributed by atoms with E-state index in [0.717, 1.165) is 17.8 Å². The van der Waals surface area contributed by atoms with Gasteiger partial charge >= 0.3 is 5.97 Å². The van der Waals surface area contributed by atoms with Crippen molar-refractivity contribution < 1.29 is 23.4 Å². The van der Waals surface area contributed by atoms with Crippen LogP contribution in [0.3, 0.4) is 0 Å². The lowest BCUT2D eigenvalue weighted by atomic mass is 10.2. The lowest BCUT2D eigenvalue weighted by molar-refractivity contribution is -0.144. The molecule has 0 spiro atoms. The molecule has 1 fully saturated rings. The molecular formula is C17H17F2N3O3S. The Morgan fingerprint density at radius 3 is 2.92 bits per heavy atom. The second-order valence-corrected chi connectivity index (χ2v) is 6.77. The summed E-state index contributed by atoms with van der Waals surface area (Å²) in [5, 5.41) is 10.1. The van der Waals surface area contributed by atoms with Crippen LogP contribution in [0.1, 0.15) is 30.5 Å². The fourth-order valence-electron chi connectivity index (χ4n) is 2.61. The van der Waals surface area contributed by atoms with Crippen LogP contribution >= 0.6 is 11.8 Å². The van der Waals surface area contributed by atoms with Gasteiger partial charge in [0.15, 0.2) is 16.8 Å². The van der Waals surface area contributed by atoms with E-state index in [2.05, 4.69) is 9.97 Å². The molecule has 6 nitrogen and oxygen atoms in total. The van der Waals surface area contributed by atoms with Crippen molar-refractivity contribution in [3.05, 3.63) is 41.1 Å². The number of esters is 1. The molecule has 0 aliphatic heterocycles. The maximum absolute atomic E-state index is 13.7. The summed E-state index contributed by atoms with van der Waals surface area (Å²) >= 11 is 1.04. The molecule has 2 aromatic rings. The van der Waals surface area contributed by atoms with Crippen LogP contribution in [0.15, 0.2) is 23.4 Å². The number of hydrogen-bond acceptors (Lipinski definition) is 7. The molecule has 1 aromatic carbocycles. The third kappa shape index (κ3) is 3.72. The van der Waals surface area contributed by atoms with E-state index in [1.807, 2.05) is 0 Å². The second-order valence-electron chi connectivity index (χ2n) is 5.83. The average Bonchev–Trinajstić information content (AvgIpc) is 3.40. The number of hydrogen-bond donors (Lipinski definition) is 2. The summed E-state index contributed by atoms with van der Waals surface area (Å²) in [6.07, 6.45) is 0.530.